The van der Waals surface area contributed by atoms with Crippen LogP contribution in [0.15, 0.2) is 36.5 Å². The minimum Gasteiger partial charge on any atom is -0.384 e. The highest BCUT2D eigenvalue weighted by atomic mass is 19.1. The summed E-state index contributed by atoms with van der Waals surface area (Å²) in [4.78, 5) is 12.5. The lowest BCUT2D eigenvalue weighted by atomic mass is 10.2. The molecule has 0 spiro atoms. The monoisotopic (exact) mass is 273 g/mol. The zero-order valence-corrected chi connectivity index (χ0v) is 11.0. The Labute approximate surface area is 116 Å². The van der Waals surface area contributed by atoms with E-state index < -0.39 is 0 Å². The second-order valence-electron chi connectivity index (χ2n) is 4.71. The largest absolute Gasteiger partial charge is 0.384 e. The minimum absolute atomic E-state index is 0.179. The van der Waals surface area contributed by atoms with Gasteiger partial charge in [-0.2, -0.15) is 4.98 Å². The second kappa shape index (κ2) is 5.32. The number of nitrogens with zero attached hydrogens (tertiary/aromatic N) is 4. The van der Waals surface area contributed by atoms with Crippen molar-refractivity contribution in [3.63, 3.8) is 0 Å². The van der Waals surface area contributed by atoms with Gasteiger partial charge in [-0.15, -0.1) is 0 Å². The molecule has 1 aromatic heterocycles. The highest BCUT2D eigenvalue weighted by Crippen LogP contribution is 2.21. The quantitative estimate of drug-likeness (QED) is 0.899. The third kappa shape index (κ3) is 2.49. The van der Waals surface area contributed by atoms with Gasteiger partial charge in [0.25, 0.3) is 0 Å². The van der Waals surface area contributed by atoms with E-state index >= 15 is 0 Å². The van der Waals surface area contributed by atoms with E-state index in [-0.39, 0.29) is 5.82 Å². The van der Waals surface area contributed by atoms with Crippen molar-refractivity contribution in [3.05, 3.63) is 42.3 Å². The molecule has 20 heavy (non-hydrogen) atoms. The Morgan fingerprint density at radius 3 is 2.40 bits per heavy atom. The SMILES string of the molecule is Nc1ccnc(N2CCN(c3ccccc3F)CC2)n1. The Balaban J connectivity index is 1.70. The molecule has 1 fully saturated rings. The van der Waals surface area contributed by atoms with Crippen molar-refractivity contribution in [3.8, 4) is 0 Å². The van der Waals surface area contributed by atoms with E-state index in [2.05, 4.69) is 14.9 Å². The van der Waals surface area contributed by atoms with Gasteiger partial charge in [0.05, 0.1) is 5.69 Å². The summed E-state index contributed by atoms with van der Waals surface area (Å²) in [7, 11) is 0. The van der Waals surface area contributed by atoms with Gasteiger partial charge in [0.1, 0.15) is 11.6 Å². The molecule has 0 radical (unpaired) electrons. The molecule has 104 valence electrons. The van der Waals surface area contributed by atoms with Crippen molar-refractivity contribution in [2.75, 3.05) is 41.7 Å². The summed E-state index contributed by atoms with van der Waals surface area (Å²) in [6, 6.07) is 8.52. The molecule has 0 saturated carbocycles. The van der Waals surface area contributed by atoms with Gasteiger partial charge >= 0.3 is 0 Å². The van der Waals surface area contributed by atoms with Gasteiger partial charge in [0, 0.05) is 32.4 Å². The van der Waals surface area contributed by atoms with Crippen LogP contribution in [0.4, 0.5) is 21.8 Å². The molecule has 1 saturated heterocycles. The van der Waals surface area contributed by atoms with Crippen molar-refractivity contribution in [1.82, 2.24) is 9.97 Å². The van der Waals surface area contributed by atoms with Crippen LogP contribution in [0.2, 0.25) is 0 Å². The van der Waals surface area contributed by atoms with Crippen molar-refractivity contribution in [2.24, 2.45) is 0 Å². The summed E-state index contributed by atoms with van der Waals surface area (Å²) in [5.74, 6) is 0.922. The molecular formula is C14H16FN5. The molecule has 1 aromatic carbocycles. The predicted molar refractivity (Wildman–Crippen MR) is 77.3 cm³/mol. The van der Waals surface area contributed by atoms with Crippen LogP contribution in [-0.2, 0) is 0 Å². The van der Waals surface area contributed by atoms with E-state index in [9.17, 15) is 4.39 Å². The standard InChI is InChI=1S/C14H16FN5/c15-11-3-1-2-4-12(11)19-7-9-20(10-8-19)14-17-6-5-13(16)18-14/h1-6H,7-10H2,(H2,16,17,18). The highest BCUT2D eigenvalue weighted by molar-refractivity contribution is 5.49. The number of aromatic nitrogens is 2. The van der Waals surface area contributed by atoms with Crippen molar-refractivity contribution in [2.45, 2.75) is 0 Å². The average Bonchev–Trinajstić information content (AvgIpc) is 2.48. The third-order valence-corrected chi connectivity index (χ3v) is 3.42. The van der Waals surface area contributed by atoms with Gasteiger partial charge in [-0.1, -0.05) is 12.1 Å². The number of piperazine rings is 1. The van der Waals surface area contributed by atoms with Gasteiger partial charge in [0.2, 0.25) is 5.95 Å². The summed E-state index contributed by atoms with van der Waals surface area (Å²) in [6.45, 7) is 2.97. The number of hydrogen-bond acceptors (Lipinski definition) is 5. The maximum absolute atomic E-state index is 13.8. The lowest BCUT2D eigenvalue weighted by molar-refractivity contribution is 0.594. The molecule has 2 N–H and O–H groups in total. The number of hydrogen-bond donors (Lipinski definition) is 1. The number of anilines is 3. The van der Waals surface area contributed by atoms with Crippen LogP contribution < -0.4 is 15.5 Å². The van der Waals surface area contributed by atoms with Gasteiger partial charge in [-0.05, 0) is 18.2 Å². The van der Waals surface area contributed by atoms with E-state index in [1.165, 1.54) is 6.07 Å². The van der Waals surface area contributed by atoms with Gasteiger partial charge < -0.3 is 15.5 Å². The molecule has 3 rings (SSSR count). The fraction of sp³-hybridized carbons (Fsp3) is 0.286. The maximum Gasteiger partial charge on any atom is 0.227 e. The lowest BCUT2D eigenvalue weighted by Gasteiger charge is -2.36. The Bertz CT molecular complexity index is 596. The summed E-state index contributed by atoms with van der Waals surface area (Å²) >= 11 is 0. The fourth-order valence-corrected chi connectivity index (χ4v) is 2.37. The van der Waals surface area contributed by atoms with E-state index in [1.54, 1.807) is 18.3 Å². The van der Waals surface area contributed by atoms with Crippen LogP contribution in [0.25, 0.3) is 0 Å². The third-order valence-electron chi connectivity index (χ3n) is 3.42. The summed E-state index contributed by atoms with van der Waals surface area (Å²) in [6.07, 6.45) is 1.65. The van der Waals surface area contributed by atoms with Crippen LogP contribution in [0.1, 0.15) is 0 Å². The number of halogens is 1. The first-order valence-electron chi connectivity index (χ1n) is 6.57. The number of nitrogen functional groups attached to an aromatic ring is 1. The highest BCUT2D eigenvalue weighted by Gasteiger charge is 2.20. The number of nitrogens with two attached hydrogens (primary N) is 1. The van der Waals surface area contributed by atoms with Crippen LogP contribution in [0.5, 0.6) is 0 Å². The molecule has 0 amide bonds. The number of para-hydroxylation sites is 1. The zero-order chi connectivity index (χ0) is 13.9. The molecule has 0 unspecified atom stereocenters. The van der Waals surface area contributed by atoms with E-state index in [0.717, 1.165) is 26.2 Å². The molecule has 1 aliphatic heterocycles. The van der Waals surface area contributed by atoms with Crippen LogP contribution in [-0.4, -0.2) is 36.1 Å². The van der Waals surface area contributed by atoms with Gasteiger partial charge in [-0.3, -0.25) is 0 Å². The number of rotatable bonds is 2. The molecule has 2 heterocycles. The molecule has 1 aliphatic rings. The average molecular weight is 273 g/mol. The van der Waals surface area contributed by atoms with Crippen LogP contribution in [0, 0.1) is 5.82 Å². The first kappa shape index (κ1) is 12.7. The molecule has 2 aromatic rings. The molecule has 0 bridgehead atoms. The Morgan fingerprint density at radius 1 is 1.00 bits per heavy atom. The van der Waals surface area contributed by atoms with Crippen molar-refractivity contribution in [1.29, 1.82) is 0 Å². The molecule has 0 aliphatic carbocycles. The van der Waals surface area contributed by atoms with Crippen LogP contribution >= 0.6 is 0 Å². The van der Waals surface area contributed by atoms with E-state index in [4.69, 9.17) is 5.73 Å². The predicted octanol–water partition coefficient (Wildman–Crippen LogP) is 1.52. The molecular weight excluding hydrogens is 257 g/mol. The smallest absolute Gasteiger partial charge is 0.227 e. The van der Waals surface area contributed by atoms with Crippen molar-refractivity contribution < 1.29 is 4.39 Å². The summed E-state index contributed by atoms with van der Waals surface area (Å²) < 4.78 is 13.8. The summed E-state index contributed by atoms with van der Waals surface area (Å²) in [5.41, 5.74) is 6.32. The lowest BCUT2D eigenvalue weighted by Crippen LogP contribution is -2.47. The van der Waals surface area contributed by atoms with E-state index in [1.807, 2.05) is 17.0 Å². The van der Waals surface area contributed by atoms with Gasteiger partial charge in [0.15, 0.2) is 0 Å². The maximum atomic E-state index is 13.8. The molecule has 0 atom stereocenters. The fourth-order valence-electron chi connectivity index (χ4n) is 2.37. The Kier molecular flexibility index (Phi) is 3.37. The Hall–Kier alpha value is -2.37. The van der Waals surface area contributed by atoms with E-state index in [0.29, 0.717) is 17.5 Å². The van der Waals surface area contributed by atoms with Crippen LogP contribution in [0.3, 0.4) is 0 Å². The normalized spacial score (nSPS) is 15.4. The topological polar surface area (TPSA) is 58.3 Å². The van der Waals surface area contributed by atoms with Gasteiger partial charge in [-0.25, -0.2) is 9.37 Å². The first-order chi connectivity index (χ1) is 9.74. The number of benzene rings is 1. The summed E-state index contributed by atoms with van der Waals surface area (Å²) in [5, 5.41) is 0. The molecule has 5 nitrogen and oxygen atoms in total. The zero-order valence-electron chi connectivity index (χ0n) is 11.0. The molecule has 6 heteroatoms. The first-order valence-corrected chi connectivity index (χ1v) is 6.57. The van der Waals surface area contributed by atoms with Crippen molar-refractivity contribution >= 4 is 17.5 Å². The Morgan fingerprint density at radius 2 is 1.70 bits per heavy atom. The second-order valence-corrected chi connectivity index (χ2v) is 4.71. The minimum atomic E-state index is -0.179.